The first-order valence-electron chi connectivity index (χ1n) is 5.13. The molecule has 0 aliphatic carbocycles. The molecule has 0 bridgehead atoms. The van der Waals surface area contributed by atoms with Crippen LogP contribution in [0.15, 0.2) is 48.5 Å². The molecule has 4 nitrogen and oxygen atoms in total. The summed E-state index contributed by atoms with van der Waals surface area (Å²) >= 11 is 0. The third-order valence-corrected chi connectivity index (χ3v) is 2.56. The van der Waals surface area contributed by atoms with Crippen molar-refractivity contribution < 1.29 is 10.0 Å². The standard InChI is InChI=1S/C13H10NO3/c15-9-11-3-1-2-4-13(11)10-5-7-12(8-6-10)14(16)17/h1-8H,9H2. The van der Waals surface area contributed by atoms with E-state index in [0.717, 1.165) is 11.1 Å². The molecule has 0 atom stereocenters. The zero-order valence-electron chi connectivity index (χ0n) is 9.00. The summed E-state index contributed by atoms with van der Waals surface area (Å²) in [6.45, 7) is -0.298. The van der Waals surface area contributed by atoms with Gasteiger partial charge in [-0.3, -0.25) is 10.1 Å². The average Bonchev–Trinajstić information content (AvgIpc) is 2.39. The van der Waals surface area contributed by atoms with Crippen LogP contribution >= 0.6 is 0 Å². The summed E-state index contributed by atoms with van der Waals surface area (Å²) in [4.78, 5) is 10.1. The van der Waals surface area contributed by atoms with Gasteiger partial charge >= 0.3 is 0 Å². The SMILES string of the molecule is [O]Cc1ccccc1-c1ccc([N+](=O)[O-])cc1. The van der Waals surface area contributed by atoms with Gasteiger partial charge < -0.3 is 0 Å². The van der Waals surface area contributed by atoms with E-state index in [1.165, 1.54) is 12.1 Å². The summed E-state index contributed by atoms with van der Waals surface area (Å²) in [6, 6.07) is 13.5. The third-order valence-electron chi connectivity index (χ3n) is 2.56. The van der Waals surface area contributed by atoms with E-state index in [4.69, 9.17) is 0 Å². The van der Waals surface area contributed by atoms with Crippen molar-refractivity contribution in [2.24, 2.45) is 0 Å². The largest absolute Gasteiger partial charge is 0.269 e. The van der Waals surface area contributed by atoms with Crippen LogP contribution in [0.3, 0.4) is 0 Å². The smallest absolute Gasteiger partial charge is 0.258 e. The number of nitrogens with zero attached hydrogens (tertiary/aromatic N) is 1. The minimum absolute atomic E-state index is 0.0494. The predicted molar refractivity (Wildman–Crippen MR) is 62.9 cm³/mol. The van der Waals surface area contributed by atoms with E-state index in [1.807, 2.05) is 18.2 Å². The monoisotopic (exact) mass is 228 g/mol. The third kappa shape index (κ3) is 2.32. The Hall–Kier alpha value is -2.20. The van der Waals surface area contributed by atoms with Crippen LogP contribution in [-0.4, -0.2) is 4.92 Å². The van der Waals surface area contributed by atoms with Crippen molar-refractivity contribution in [1.82, 2.24) is 0 Å². The van der Waals surface area contributed by atoms with Gasteiger partial charge in [-0.05, 0) is 28.8 Å². The van der Waals surface area contributed by atoms with Crippen LogP contribution < -0.4 is 0 Å². The molecule has 0 saturated heterocycles. The molecule has 4 heteroatoms. The fourth-order valence-corrected chi connectivity index (χ4v) is 1.69. The lowest BCUT2D eigenvalue weighted by Crippen LogP contribution is -1.90. The maximum atomic E-state index is 11.0. The molecule has 0 N–H and O–H groups in total. The minimum atomic E-state index is -0.441. The van der Waals surface area contributed by atoms with E-state index in [0.29, 0.717) is 5.56 Å². The van der Waals surface area contributed by atoms with Gasteiger partial charge in [-0.1, -0.05) is 24.3 Å². The highest BCUT2D eigenvalue weighted by atomic mass is 16.6. The van der Waals surface area contributed by atoms with E-state index in [1.54, 1.807) is 18.2 Å². The molecule has 0 spiro atoms. The summed E-state index contributed by atoms with van der Waals surface area (Å²) in [5, 5.41) is 21.5. The maximum Gasteiger partial charge on any atom is 0.269 e. The fraction of sp³-hybridized carbons (Fsp3) is 0.0769. The van der Waals surface area contributed by atoms with Crippen LogP contribution in [0.2, 0.25) is 0 Å². The molecule has 17 heavy (non-hydrogen) atoms. The Morgan fingerprint density at radius 1 is 1.00 bits per heavy atom. The summed E-state index contributed by atoms with van der Waals surface area (Å²) in [7, 11) is 0. The summed E-state index contributed by atoms with van der Waals surface area (Å²) in [5.74, 6) is 0. The van der Waals surface area contributed by atoms with Crippen molar-refractivity contribution in [2.75, 3.05) is 0 Å². The quantitative estimate of drug-likeness (QED) is 0.598. The minimum Gasteiger partial charge on any atom is -0.258 e. The van der Waals surface area contributed by atoms with Gasteiger partial charge in [0.1, 0.15) is 6.61 Å². The Kier molecular flexibility index (Phi) is 3.16. The number of hydrogen-bond acceptors (Lipinski definition) is 2. The van der Waals surface area contributed by atoms with Gasteiger partial charge in [0.2, 0.25) is 0 Å². The highest BCUT2D eigenvalue weighted by Crippen LogP contribution is 2.25. The number of nitro benzene ring substituents is 1. The van der Waals surface area contributed by atoms with Crippen LogP contribution in [0.5, 0.6) is 0 Å². The van der Waals surface area contributed by atoms with Crippen molar-refractivity contribution in [3.05, 3.63) is 64.2 Å². The van der Waals surface area contributed by atoms with E-state index < -0.39 is 4.92 Å². The number of rotatable bonds is 3. The second-order valence-corrected chi connectivity index (χ2v) is 3.61. The van der Waals surface area contributed by atoms with Gasteiger partial charge in [0.05, 0.1) is 4.92 Å². The van der Waals surface area contributed by atoms with E-state index in [2.05, 4.69) is 0 Å². The Labute approximate surface area is 98.3 Å². The van der Waals surface area contributed by atoms with Gasteiger partial charge in [0.15, 0.2) is 0 Å². The van der Waals surface area contributed by atoms with Crippen molar-refractivity contribution in [2.45, 2.75) is 6.61 Å². The molecular formula is C13H10NO3. The van der Waals surface area contributed by atoms with E-state index in [-0.39, 0.29) is 12.3 Å². The van der Waals surface area contributed by atoms with Crippen molar-refractivity contribution in [3.8, 4) is 11.1 Å². The number of non-ortho nitro benzene ring substituents is 1. The number of benzene rings is 2. The molecule has 0 aliphatic rings. The van der Waals surface area contributed by atoms with E-state index >= 15 is 0 Å². The zero-order valence-corrected chi connectivity index (χ0v) is 9.00. The fourth-order valence-electron chi connectivity index (χ4n) is 1.69. The van der Waals surface area contributed by atoms with Gasteiger partial charge in [-0.15, -0.1) is 0 Å². The van der Waals surface area contributed by atoms with Gasteiger partial charge in [-0.25, -0.2) is 5.11 Å². The zero-order chi connectivity index (χ0) is 12.3. The van der Waals surface area contributed by atoms with Crippen molar-refractivity contribution in [3.63, 3.8) is 0 Å². The molecule has 2 aromatic rings. The molecule has 0 unspecified atom stereocenters. The highest BCUT2D eigenvalue weighted by Gasteiger charge is 2.07. The predicted octanol–water partition coefficient (Wildman–Crippen LogP) is 3.19. The molecule has 85 valence electrons. The first-order valence-corrected chi connectivity index (χ1v) is 5.13. The summed E-state index contributed by atoms with van der Waals surface area (Å²) < 4.78 is 0. The molecule has 0 fully saturated rings. The Balaban J connectivity index is 2.43. The van der Waals surface area contributed by atoms with Crippen LogP contribution in [0.1, 0.15) is 5.56 Å². The van der Waals surface area contributed by atoms with Crippen LogP contribution in [0, 0.1) is 10.1 Å². The van der Waals surface area contributed by atoms with E-state index in [9.17, 15) is 15.2 Å². The second kappa shape index (κ2) is 4.76. The number of nitro groups is 1. The Bertz CT molecular complexity index is 535. The lowest BCUT2D eigenvalue weighted by molar-refractivity contribution is -0.384. The average molecular weight is 228 g/mol. The van der Waals surface area contributed by atoms with Gasteiger partial charge in [-0.2, -0.15) is 0 Å². The lowest BCUT2D eigenvalue weighted by atomic mass is 10.00. The highest BCUT2D eigenvalue weighted by molar-refractivity contribution is 5.68. The first kappa shape index (κ1) is 11.3. The molecule has 0 aromatic heterocycles. The van der Waals surface area contributed by atoms with Crippen LogP contribution in [0.4, 0.5) is 5.69 Å². The second-order valence-electron chi connectivity index (χ2n) is 3.61. The van der Waals surface area contributed by atoms with Gasteiger partial charge in [0.25, 0.3) is 5.69 Å². The molecule has 0 saturated carbocycles. The topological polar surface area (TPSA) is 63.0 Å². The molecule has 2 rings (SSSR count). The maximum absolute atomic E-state index is 11.0. The number of hydrogen-bond donors (Lipinski definition) is 0. The summed E-state index contributed by atoms with van der Waals surface area (Å²) in [6.07, 6.45) is 0. The molecule has 1 radical (unpaired) electrons. The normalized spacial score (nSPS) is 10.2. The molecule has 0 amide bonds. The summed E-state index contributed by atoms with van der Waals surface area (Å²) in [5.41, 5.74) is 2.40. The van der Waals surface area contributed by atoms with Crippen molar-refractivity contribution in [1.29, 1.82) is 0 Å². The first-order chi connectivity index (χ1) is 8.22. The molecule has 2 aromatic carbocycles. The van der Waals surface area contributed by atoms with Crippen LogP contribution in [-0.2, 0) is 11.7 Å². The Morgan fingerprint density at radius 3 is 2.24 bits per heavy atom. The molecule has 0 aliphatic heterocycles. The van der Waals surface area contributed by atoms with Crippen LogP contribution in [0.25, 0.3) is 11.1 Å². The van der Waals surface area contributed by atoms with Gasteiger partial charge in [0, 0.05) is 12.1 Å². The Morgan fingerprint density at radius 2 is 1.65 bits per heavy atom. The molecular weight excluding hydrogens is 218 g/mol. The van der Waals surface area contributed by atoms with Crippen molar-refractivity contribution >= 4 is 5.69 Å². The molecule has 0 heterocycles. The lowest BCUT2D eigenvalue weighted by Gasteiger charge is -2.06.